The first-order valence-electron chi connectivity index (χ1n) is 6.49. The van der Waals surface area contributed by atoms with Crippen LogP contribution in [-0.4, -0.2) is 13.1 Å². The summed E-state index contributed by atoms with van der Waals surface area (Å²) < 4.78 is 4.78. The topological polar surface area (TPSA) is 52.3 Å². The number of nitrogens with two attached hydrogens (primary N) is 1. The molecule has 1 fully saturated rings. The predicted octanol–water partition coefficient (Wildman–Crippen LogP) is 2.89. The van der Waals surface area contributed by atoms with Crippen LogP contribution in [0.25, 0.3) is 0 Å². The number of hydrogen-bond acceptors (Lipinski definition) is 3. The highest BCUT2D eigenvalue weighted by molar-refractivity contribution is 5.91. The van der Waals surface area contributed by atoms with Gasteiger partial charge in [0.1, 0.15) is 0 Å². The Kier molecular flexibility index (Phi) is 3.71. The number of methoxy groups -OCH3 is 1. The molecule has 0 heterocycles. The SMILES string of the molecule is COC(=O)c1cc(C)c(C(N)C2CCC2)cc1C. The largest absolute Gasteiger partial charge is 0.465 e. The molecule has 1 aromatic rings. The van der Waals surface area contributed by atoms with E-state index in [4.69, 9.17) is 10.5 Å². The van der Waals surface area contributed by atoms with Gasteiger partial charge in [-0.2, -0.15) is 0 Å². The fourth-order valence-corrected chi connectivity index (χ4v) is 2.58. The molecule has 1 aliphatic rings. The Bertz CT molecular complexity index is 464. The first-order valence-corrected chi connectivity index (χ1v) is 6.49. The summed E-state index contributed by atoms with van der Waals surface area (Å²) in [7, 11) is 1.41. The van der Waals surface area contributed by atoms with E-state index in [0.717, 1.165) is 11.1 Å². The Hall–Kier alpha value is -1.35. The number of esters is 1. The van der Waals surface area contributed by atoms with Gasteiger partial charge < -0.3 is 10.5 Å². The highest BCUT2D eigenvalue weighted by Crippen LogP contribution is 2.37. The van der Waals surface area contributed by atoms with Crippen LogP contribution in [0, 0.1) is 19.8 Å². The van der Waals surface area contributed by atoms with Gasteiger partial charge in [-0.1, -0.05) is 12.5 Å². The normalized spacial score (nSPS) is 17.1. The molecule has 0 saturated heterocycles. The summed E-state index contributed by atoms with van der Waals surface area (Å²) in [6.07, 6.45) is 3.73. The summed E-state index contributed by atoms with van der Waals surface area (Å²) in [6.45, 7) is 3.95. The van der Waals surface area contributed by atoms with Crippen molar-refractivity contribution < 1.29 is 9.53 Å². The average Bonchev–Trinajstić information content (AvgIpc) is 2.28. The number of hydrogen-bond donors (Lipinski definition) is 1. The Balaban J connectivity index is 2.32. The van der Waals surface area contributed by atoms with E-state index in [0.29, 0.717) is 11.5 Å². The number of carbonyl (C=O) groups excluding carboxylic acids is 1. The van der Waals surface area contributed by atoms with Gasteiger partial charge >= 0.3 is 5.97 Å². The smallest absolute Gasteiger partial charge is 0.338 e. The lowest BCUT2D eigenvalue weighted by Crippen LogP contribution is -2.27. The van der Waals surface area contributed by atoms with Crippen LogP contribution in [0.15, 0.2) is 12.1 Å². The summed E-state index contributed by atoms with van der Waals surface area (Å²) >= 11 is 0. The van der Waals surface area contributed by atoms with Gasteiger partial charge in [0.25, 0.3) is 0 Å². The van der Waals surface area contributed by atoms with Crippen molar-refractivity contribution in [1.29, 1.82) is 0 Å². The van der Waals surface area contributed by atoms with Crippen LogP contribution in [0.3, 0.4) is 0 Å². The van der Waals surface area contributed by atoms with Crippen LogP contribution in [0.1, 0.15) is 52.4 Å². The first kappa shape index (κ1) is 13.1. The molecule has 3 nitrogen and oxygen atoms in total. The molecule has 0 amide bonds. The van der Waals surface area contributed by atoms with Crippen molar-refractivity contribution in [3.05, 3.63) is 34.4 Å². The standard InChI is InChI=1S/C15H21NO2/c1-9-8-13(15(17)18-3)10(2)7-12(9)14(16)11-5-4-6-11/h7-8,11,14H,4-6,16H2,1-3H3. The van der Waals surface area contributed by atoms with E-state index in [-0.39, 0.29) is 12.0 Å². The van der Waals surface area contributed by atoms with Gasteiger partial charge in [-0.3, -0.25) is 0 Å². The van der Waals surface area contributed by atoms with Crippen molar-refractivity contribution in [2.24, 2.45) is 11.7 Å². The molecule has 0 bridgehead atoms. The molecule has 0 spiro atoms. The second-order valence-corrected chi connectivity index (χ2v) is 5.23. The molecular formula is C15H21NO2. The number of carbonyl (C=O) groups is 1. The lowest BCUT2D eigenvalue weighted by molar-refractivity contribution is 0.0599. The zero-order valence-corrected chi connectivity index (χ0v) is 11.3. The minimum Gasteiger partial charge on any atom is -0.465 e. The molecule has 1 aliphatic carbocycles. The second-order valence-electron chi connectivity index (χ2n) is 5.23. The van der Waals surface area contributed by atoms with Gasteiger partial charge in [-0.15, -0.1) is 0 Å². The van der Waals surface area contributed by atoms with Crippen LogP contribution >= 0.6 is 0 Å². The van der Waals surface area contributed by atoms with Crippen molar-refractivity contribution in [1.82, 2.24) is 0 Å². The first-order chi connectivity index (χ1) is 8.54. The van der Waals surface area contributed by atoms with Gasteiger partial charge in [0.15, 0.2) is 0 Å². The maximum atomic E-state index is 11.6. The van der Waals surface area contributed by atoms with Crippen molar-refractivity contribution in [2.75, 3.05) is 7.11 Å². The van der Waals surface area contributed by atoms with Gasteiger partial charge in [-0.05, 0) is 55.4 Å². The Labute approximate surface area is 108 Å². The van der Waals surface area contributed by atoms with E-state index in [2.05, 4.69) is 0 Å². The number of aryl methyl sites for hydroxylation is 2. The third-order valence-electron chi connectivity index (χ3n) is 4.04. The molecule has 0 aromatic heterocycles. The second kappa shape index (κ2) is 5.11. The molecule has 1 saturated carbocycles. The van der Waals surface area contributed by atoms with Crippen molar-refractivity contribution in [2.45, 2.75) is 39.2 Å². The van der Waals surface area contributed by atoms with Gasteiger partial charge in [0.2, 0.25) is 0 Å². The van der Waals surface area contributed by atoms with Crippen LogP contribution in [0.5, 0.6) is 0 Å². The van der Waals surface area contributed by atoms with E-state index in [1.54, 1.807) is 0 Å². The Morgan fingerprint density at radius 1 is 1.33 bits per heavy atom. The minimum absolute atomic E-state index is 0.101. The third-order valence-corrected chi connectivity index (χ3v) is 4.04. The molecule has 1 aromatic carbocycles. The fraction of sp³-hybridized carbons (Fsp3) is 0.533. The van der Waals surface area contributed by atoms with Crippen molar-refractivity contribution in [3.63, 3.8) is 0 Å². The Morgan fingerprint density at radius 3 is 2.50 bits per heavy atom. The summed E-state index contributed by atoms with van der Waals surface area (Å²) in [5.41, 5.74) is 10.1. The summed E-state index contributed by atoms with van der Waals surface area (Å²) in [5.74, 6) is 0.325. The van der Waals surface area contributed by atoms with Gasteiger partial charge in [0, 0.05) is 6.04 Å². The van der Waals surface area contributed by atoms with E-state index in [1.165, 1.54) is 31.9 Å². The summed E-state index contributed by atoms with van der Waals surface area (Å²) in [4.78, 5) is 11.6. The highest BCUT2D eigenvalue weighted by atomic mass is 16.5. The number of benzene rings is 1. The van der Waals surface area contributed by atoms with E-state index in [9.17, 15) is 4.79 Å². The third kappa shape index (κ3) is 2.27. The fourth-order valence-electron chi connectivity index (χ4n) is 2.58. The zero-order chi connectivity index (χ0) is 13.3. The minimum atomic E-state index is -0.278. The van der Waals surface area contributed by atoms with Crippen LogP contribution in [0.2, 0.25) is 0 Å². The van der Waals surface area contributed by atoms with Crippen molar-refractivity contribution >= 4 is 5.97 Å². The molecule has 3 heteroatoms. The van der Waals surface area contributed by atoms with E-state index < -0.39 is 0 Å². The van der Waals surface area contributed by atoms with Crippen molar-refractivity contribution in [3.8, 4) is 0 Å². The lowest BCUT2D eigenvalue weighted by atomic mass is 9.76. The molecule has 18 heavy (non-hydrogen) atoms. The van der Waals surface area contributed by atoms with Crippen LogP contribution in [0.4, 0.5) is 0 Å². The van der Waals surface area contributed by atoms with E-state index in [1.807, 2.05) is 26.0 Å². The maximum absolute atomic E-state index is 11.6. The molecule has 2 rings (SSSR count). The molecule has 2 N–H and O–H groups in total. The maximum Gasteiger partial charge on any atom is 0.338 e. The summed E-state index contributed by atoms with van der Waals surface area (Å²) in [6, 6.07) is 4.05. The average molecular weight is 247 g/mol. The van der Waals surface area contributed by atoms with Gasteiger partial charge in [0.05, 0.1) is 12.7 Å². The molecule has 1 atom stereocenters. The monoisotopic (exact) mass is 247 g/mol. The summed E-state index contributed by atoms with van der Waals surface area (Å²) in [5, 5.41) is 0. The van der Waals surface area contributed by atoms with E-state index >= 15 is 0 Å². The number of rotatable bonds is 3. The molecular weight excluding hydrogens is 226 g/mol. The molecule has 0 aliphatic heterocycles. The predicted molar refractivity (Wildman–Crippen MR) is 71.5 cm³/mol. The highest BCUT2D eigenvalue weighted by Gasteiger charge is 2.27. The molecule has 98 valence electrons. The zero-order valence-electron chi connectivity index (χ0n) is 11.3. The lowest BCUT2D eigenvalue weighted by Gasteiger charge is -2.32. The molecule has 0 radical (unpaired) electrons. The van der Waals surface area contributed by atoms with Crippen LogP contribution < -0.4 is 5.73 Å². The quantitative estimate of drug-likeness (QED) is 0.836. The van der Waals surface area contributed by atoms with Gasteiger partial charge in [-0.25, -0.2) is 4.79 Å². The Morgan fingerprint density at radius 2 is 2.00 bits per heavy atom. The molecule has 1 unspecified atom stereocenters. The number of ether oxygens (including phenoxy) is 1. The van der Waals surface area contributed by atoms with Crippen LogP contribution in [-0.2, 0) is 4.74 Å².